The number of rotatable bonds is 4. The van der Waals surface area contributed by atoms with Gasteiger partial charge in [-0.25, -0.2) is 8.42 Å². The Balaban J connectivity index is 2.22. The van der Waals surface area contributed by atoms with Crippen LogP contribution in [0.1, 0.15) is 12.5 Å². The van der Waals surface area contributed by atoms with Crippen LogP contribution in [0.2, 0.25) is 5.02 Å². The summed E-state index contributed by atoms with van der Waals surface area (Å²) in [5.41, 5.74) is 0.640. The number of hydrogen-bond acceptors (Lipinski definition) is 3. The van der Waals surface area contributed by atoms with Gasteiger partial charge in [0.05, 0.1) is 4.90 Å². The molecular formula is C13H18Cl2N2O2S. The minimum atomic E-state index is -3.45. The second-order valence-corrected chi connectivity index (χ2v) is 7.34. The molecule has 1 aromatic rings. The highest BCUT2D eigenvalue weighted by molar-refractivity contribution is 7.89. The van der Waals surface area contributed by atoms with Gasteiger partial charge in [-0.3, -0.25) is 0 Å². The number of hydrogen-bond donors (Lipinski definition) is 0. The minimum Gasteiger partial charge on any atom is -0.301 e. The van der Waals surface area contributed by atoms with Gasteiger partial charge < -0.3 is 4.90 Å². The molecule has 0 saturated carbocycles. The zero-order valence-corrected chi connectivity index (χ0v) is 13.7. The summed E-state index contributed by atoms with van der Waals surface area (Å²) in [6.07, 6.45) is 0. The Morgan fingerprint density at radius 2 is 1.85 bits per heavy atom. The van der Waals surface area contributed by atoms with E-state index in [1.54, 1.807) is 18.2 Å². The fourth-order valence-corrected chi connectivity index (χ4v) is 4.20. The number of benzene rings is 1. The van der Waals surface area contributed by atoms with Gasteiger partial charge >= 0.3 is 0 Å². The molecule has 0 aromatic heterocycles. The normalized spacial score (nSPS) is 18.4. The number of halogens is 2. The van der Waals surface area contributed by atoms with Crippen LogP contribution in [-0.4, -0.2) is 50.3 Å². The topological polar surface area (TPSA) is 40.6 Å². The quantitative estimate of drug-likeness (QED) is 0.792. The summed E-state index contributed by atoms with van der Waals surface area (Å²) in [6.45, 7) is 5.61. The lowest BCUT2D eigenvalue weighted by molar-refractivity contribution is 0.196. The van der Waals surface area contributed by atoms with Crippen molar-refractivity contribution in [2.24, 2.45) is 0 Å². The number of nitrogens with zero attached hydrogens (tertiary/aromatic N) is 2. The Morgan fingerprint density at radius 3 is 2.40 bits per heavy atom. The molecule has 1 fully saturated rings. The molecule has 0 bridgehead atoms. The zero-order valence-electron chi connectivity index (χ0n) is 11.3. The lowest BCUT2D eigenvalue weighted by Gasteiger charge is -2.33. The Morgan fingerprint density at radius 1 is 1.20 bits per heavy atom. The highest BCUT2D eigenvalue weighted by Crippen LogP contribution is 2.24. The maximum Gasteiger partial charge on any atom is 0.243 e. The van der Waals surface area contributed by atoms with Crippen molar-refractivity contribution >= 4 is 33.2 Å². The lowest BCUT2D eigenvalue weighted by Crippen LogP contribution is -2.48. The average Bonchev–Trinajstić information content (AvgIpc) is 2.47. The third kappa shape index (κ3) is 3.28. The smallest absolute Gasteiger partial charge is 0.243 e. The maximum atomic E-state index is 12.6. The van der Waals surface area contributed by atoms with Crippen LogP contribution in [0.25, 0.3) is 0 Å². The summed E-state index contributed by atoms with van der Waals surface area (Å²) < 4.78 is 26.7. The van der Waals surface area contributed by atoms with Gasteiger partial charge in [0.15, 0.2) is 0 Å². The van der Waals surface area contributed by atoms with E-state index in [1.807, 2.05) is 0 Å². The Labute approximate surface area is 130 Å². The number of sulfonamides is 1. The van der Waals surface area contributed by atoms with Crippen molar-refractivity contribution in [2.75, 3.05) is 32.7 Å². The van der Waals surface area contributed by atoms with Crippen LogP contribution in [0.4, 0.5) is 0 Å². The molecule has 2 rings (SSSR count). The molecule has 20 heavy (non-hydrogen) atoms. The van der Waals surface area contributed by atoms with Crippen molar-refractivity contribution in [3.8, 4) is 0 Å². The van der Waals surface area contributed by atoms with Gasteiger partial charge in [-0.2, -0.15) is 4.31 Å². The Kier molecular flexibility index (Phi) is 5.31. The monoisotopic (exact) mass is 336 g/mol. The summed E-state index contributed by atoms with van der Waals surface area (Å²) in [5, 5.41) is 0.495. The molecule has 1 aliphatic heterocycles. The highest BCUT2D eigenvalue weighted by Gasteiger charge is 2.28. The fourth-order valence-electron chi connectivity index (χ4n) is 2.25. The molecular weight excluding hydrogens is 319 g/mol. The van der Waals surface area contributed by atoms with Gasteiger partial charge in [0.2, 0.25) is 10.0 Å². The van der Waals surface area contributed by atoms with E-state index in [2.05, 4.69) is 11.8 Å². The molecule has 112 valence electrons. The van der Waals surface area contributed by atoms with Crippen LogP contribution in [0, 0.1) is 0 Å². The van der Waals surface area contributed by atoms with Gasteiger partial charge in [-0.15, -0.1) is 11.6 Å². The van der Waals surface area contributed by atoms with Crippen LogP contribution < -0.4 is 0 Å². The molecule has 0 amide bonds. The van der Waals surface area contributed by atoms with Gasteiger partial charge in [0.25, 0.3) is 0 Å². The second-order valence-electron chi connectivity index (χ2n) is 4.73. The average molecular weight is 337 g/mol. The molecule has 1 heterocycles. The molecule has 0 atom stereocenters. The first-order valence-corrected chi connectivity index (χ1v) is 8.91. The van der Waals surface area contributed by atoms with Gasteiger partial charge in [0.1, 0.15) is 0 Å². The van der Waals surface area contributed by atoms with Crippen LogP contribution in [-0.2, 0) is 15.9 Å². The van der Waals surface area contributed by atoms with E-state index in [4.69, 9.17) is 23.2 Å². The van der Waals surface area contributed by atoms with Crippen molar-refractivity contribution in [1.29, 1.82) is 0 Å². The third-order valence-electron chi connectivity index (χ3n) is 3.58. The Hall–Kier alpha value is -0.330. The molecule has 0 N–H and O–H groups in total. The number of alkyl halides is 1. The number of piperazine rings is 1. The van der Waals surface area contributed by atoms with Crippen molar-refractivity contribution < 1.29 is 8.42 Å². The molecule has 1 aliphatic rings. The first-order chi connectivity index (χ1) is 9.48. The molecule has 4 nitrogen and oxygen atoms in total. The van der Waals surface area contributed by atoms with Crippen LogP contribution in [0.5, 0.6) is 0 Å². The summed E-state index contributed by atoms with van der Waals surface area (Å²) in [5.74, 6) is 0.200. The molecule has 0 radical (unpaired) electrons. The van der Waals surface area contributed by atoms with Crippen molar-refractivity contribution in [1.82, 2.24) is 9.21 Å². The van der Waals surface area contributed by atoms with E-state index < -0.39 is 10.0 Å². The predicted octanol–water partition coefficient (Wildman–Crippen LogP) is 2.41. The van der Waals surface area contributed by atoms with E-state index in [-0.39, 0.29) is 10.8 Å². The highest BCUT2D eigenvalue weighted by atomic mass is 35.5. The summed E-state index contributed by atoms with van der Waals surface area (Å²) in [6, 6.07) is 4.70. The minimum absolute atomic E-state index is 0.200. The lowest BCUT2D eigenvalue weighted by atomic mass is 10.2. The van der Waals surface area contributed by atoms with E-state index >= 15 is 0 Å². The fraction of sp³-hybridized carbons (Fsp3) is 0.538. The van der Waals surface area contributed by atoms with Crippen molar-refractivity contribution in [3.05, 3.63) is 28.8 Å². The van der Waals surface area contributed by atoms with Crippen LogP contribution in [0.15, 0.2) is 23.1 Å². The third-order valence-corrected chi connectivity index (χ3v) is 6.13. The number of likely N-dealkylation sites (N-methyl/N-ethyl adjacent to an activating group) is 1. The van der Waals surface area contributed by atoms with Crippen molar-refractivity contribution in [2.45, 2.75) is 17.7 Å². The standard InChI is InChI=1S/C13H18Cl2N2O2S/c1-2-16-5-7-17(8-6-16)20(18,19)12-3-4-13(15)11(9-12)10-14/h3-4,9H,2,5-8,10H2,1H3. The zero-order chi connectivity index (χ0) is 14.8. The molecule has 0 spiro atoms. The van der Waals surface area contributed by atoms with E-state index in [0.717, 1.165) is 19.6 Å². The van der Waals surface area contributed by atoms with E-state index in [9.17, 15) is 8.42 Å². The van der Waals surface area contributed by atoms with E-state index in [0.29, 0.717) is 23.7 Å². The molecule has 1 aromatic carbocycles. The predicted molar refractivity (Wildman–Crippen MR) is 81.9 cm³/mol. The molecule has 7 heteroatoms. The Bertz CT molecular complexity index is 570. The first-order valence-electron chi connectivity index (χ1n) is 6.56. The largest absolute Gasteiger partial charge is 0.301 e. The van der Waals surface area contributed by atoms with Gasteiger partial charge in [-0.05, 0) is 30.3 Å². The second kappa shape index (κ2) is 6.62. The van der Waals surface area contributed by atoms with Gasteiger partial charge in [0, 0.05) is 37.1 Å². The SMILES string of the molecule is CCN1CCN(S(=O)(=O)c2ccc(Cl)c(CCl)c2)CC1. The molecule has 0 aliphatic carbocycles. The summed E-state index contributed by atoms with van der Waals surface area (Å²) in [7, 11) is -3.45. The molecule has 0 unspecified atom stereocenters. The van der Waals surface area contributed by atoms with Crippen LogP contribution >= 0.6 is 23.2 Å². The van der Waals surface area contributed by atoms with Crippen molar-refractivity contribution in [3.63, 3.8) is 0 Å². The summed E-state index contributed by atoms with van der Waals surface area (Å²) in [4.78, 5) is 2.50. The maximum absolute atomic E-state index is 12.6. The first kappa shape index (κ1) is 16.0. The molecule has 1 saturated heterocycles. The van der Waals surface area contributed by atoms with Crippen LogP contribution in [0.3, 0.4) is 0 Å². The van der Waals surface area contributed by atoms with Gasteiger partial charge in [-0.1, -0.05) is 18.5 Å². The van der Waals surface area contributed by atoms with E-state index in [1.165, 1.54) is 4.31 Å². The summed E-state index contributed by atoms with van der Waals surface area (Å²) >= 11 is 11.7.